The Kier molecular flexibility index (Phi) is 7.82. The number of carbonyl (C=O) groups is 1. The SMILES string of the molecule is CCCc1ccc([C@H](C)NC(=O)CN2CCN(c3ccc(Cl)c(Cl)c3)CC2)cc1. The van der Waals surface area contributed by atoms with Crippen LogP contribution in [0.2, 0.25) is 10.0 Å². The van der Waals surface area contributed by atoms with E-state index < -0.39 is 0 Å². The van der Waals surface area contributed by atoms with Crippen LogP contribution in [0.25, 0.3) is 0 Å². The second kappa shape index (κ2) is 10.3. The molecule has 156 valence electrons. The summed E-state index contributed by atoms with van der Waals surface area (Å²) in [5.74, 6) is 0.0677. The third-order valence-electron chi connectivity index (χ3n) is 5.40. The first-order valence-corrected chi connectivity index (χ1v) is 11.0. The minimum Gasteiger partial charge on any atom is -0.369 e. The van der Waals surface area contributed by atoms with Crippen LogP contribution in [0.1, 0.15) is 37.4 Å². The predicted octanol–water partition coefficient (Wildman–Crippen LogP) is 4.95. The molecule has 1 aliphatic rings. The van der Waals surface area contributed by atoms with Crippen LogP contribution in [0, 0.1) is 0 Å². The van der Waals surface area contributed by atoms with Crippen LogP contribution in [-0.2, 0) is 11.2 Å². The van der Waals surface area contributed by atoms with Crippen LogP contribution in [0.4, 0.5) is 5.69 Å². The number of anilines is 1. The second-order valence-electron chi connectivity index (χ2n) is 7.64. The van der Waals surface area contributed by atoms with Gasteiger partial charge < -0.3 is 10.2 Å². The lowest BCUT2D eigenvalue weighted by Crippen LogP contribution is -2.49. The highest BCUT2D eigenvalue weighted by Gasteiger charge is 2.20. The van der Waals surface area contributed by atoms with Gasteiger partial charge in [0.15, 0.2) is 0 Å². The second-order valence-corrected chi connectivity index (χ2v) is 8.46. The first-order chi connectivity index (χ1) is 14.0. The van der Waals surface area contributed by atoms with E-state index in [-0.39, 0.29) is 11.9 Å². The van der Waals surface area contributed by atoms with Gasteiger partial charge in [0.25, 0.3) is 0 Å². The zero-order chi connectivity index (χ0) is 20.8. The molecule has 4 nitrogen and oxygen atoms in total. The molecule has 0 radical (unpaired) electrons. The average molecular weight is 434 g/mol. The lowest BCUT2D eigenvalue weighted by atomic mass is 10.0. The number of benzene rings is 2. The molecule has 3 rings (SSSR count). The number of amides is 1. The molecule has 2 aromatic carbocycles. The summed E-state index contributed by atoms with van der Waals surface area (Å²) in [6, 6.07) is 14.3. The molecule has 1 saturated heterocycles. The Hall–Kier alpha value is -1.75. The van der Waals surface area contributed by atoms with Crippen molar-refractivity contribution in [3.63, 3.8) is 0 Å². The highest BCUT2D eigenvalue weighted by molar-refractivity contribution is 6.42. The van der Waals surface area contributed by atoms with Gasteiger partial charge in [-0.1, -0.05) is 60.8 Å². The van der Waals surface area contributed by atoms with Crippen LogP contribution in [-0.4, -0.2) is 43.5 Å². The molecule has 6 heteroatoms. The summed E-state index contributed by atoms with van der Waals surface area (Å²) >= 11 is 12.1. The van der Waals surface area contributed by atoms with Gasteiger partial charge in [-0.3, -0.25) is 9.69 Å². The minimum atomic E-state index is 0.00988. The molecule has 0 aliphatic carbocycles. The van der Waals surface area contributed by atoms with Gasteiger partial charge in [-0.25, -0.2) is 0 Å². The zero-order valence-corrected chi connectivity index (χ0v) is 18.6. The largest absolute Gasteiger partial charge is 0.369 e. The van der Waals surface area contributed by atoms with Crippen LogP contribution in [0.5, 0.6) is 0 Å². The average Bonchev–Trinajstić information content (AvgIpc) is 2.71. The highest BCUT2D eigenvalue weighted by Crippen LogP contribution is 2.27. The quantitative estimate of drug-likeness (QED) is 0.670. The Morgan fingerprint density at radius 3 is 2.34 bits per heavy atom. The summed E-state index contributed by atoms with van der Waals surface area (Å²) in [7, 11) is 0. The van der Waals surface area contributed by atoms with Gasteiger partial charge >= 0.3 is 0 Å². The van der Waals surface area contributed by atoms with E-state index in [9.17, 15) is 4.79 Å². The topological polar surface area (TPSA) is 35.6 Å². The Bertz CT molecular complexity index is 817. The molecule has 0 bridgehead atoms. The number of halogens is 2. The summed E-state index contributed by atoms with van der Waals surface area (Å²) in [6.45, 7) is 8.05. The minimum absolute atomic E-state index is 0.00988. The van der Waals surface area contributed by atoms with E-state index in [1.54, 1.807) is 0 Å². The highest BCUT2D eigenvalue weighted by atomic mass is 35.5. The van der Waals surface area contributed by atoms with Crippen molar-refractivity contribution in [2.45, 2.75) is 32.7 Å². The third-order valence-corrected chi connectivity index (χ3v) is 6.14. The molecule has 0 saturated carbocycles. The van der Waals surface area contributed by atoms with Gasteiger partial charge in [0, 0.05) is 31.9 Å². The van der Waals surface area contributed by atoms with Crippen LogP contribution in [0.15, 0.2) is 42.5 Å². The fourth-order valence-electron chi connectivity index (χ4n) is 3.68. The number of hydrogen-bond acceptors (Lipinski definition) is 3. The molecule has 1 heterocycles. The molecule has 1 fully saturated rings. The van der Waals surface area contributed by atoms with E-state index in [4.69, 9.17) is 23.2 Å². The molecule has 0 spiro atoms. The molecule has 2 aromatic rings. The number of hydrogen-bond donors (Lipinski definition) is 1. The molecule has 0 unspecified atom stereocenters. The summed E-state index contributed by atoms with van der Waals surface area (Å²) in [5.41, 5.74) is 3.56. The fourth-order valence-corrected chi connectivity index (χ4v) is 3.97. The maximum atomic E-state index is 12.5. The number of piperazine rings is 1. The van der Waals surface area contributed by atoms with Crippen molar-refractivity contribution in [1.29, 1.82) is 0 Å². The van der Waals surface area contributed by atoms with Crippen molar-refractivity contribution in [2.75, 3.05) is 37.6 Å². The van der Waals surface area contributed by atoms with Crippen LogP contribution in [0.3, 0.4) is 0 Å². The monoisotopic (exact) mass is 433 g/mol. The Balaban J connectivity index is 1.46. The van der Waals surface area contributed by atoms with E-state index in [0.29, 0.717) is 16.6 Å². The maximum Gasteiger partial charge on any atom is 0.234 e. The van der Waals surface area contributed by atoms with Gasteiger partial charge in [-0.05, 0) is 42.7 Å². The number of aryl methyl sites for hydroxylation is 1. The van der Waals surface area contributed by atoms with Crippen molar-refractivity contribution < 1.29 is 4.79 Å². The normalized spacial score (nSPS) is 15.9. The molecular formula is C23H29Cl2N3O. The van der Waals surface area contributed by atoms with Crippen molar-refractivity contribution in [1.82, 2.24) is 10.2 Å². The van der Waals surface area contributed by atoms with Gasteiger partial charge in [-0.2, -0.15) is 0 Å². The fraction of sp³-hybridized carbons (Fsp3) is 0.435. The smallest absolute Gasteiger partial charge is 0.234 e. The first kappa shape index (κ1) is 21.9. The predicted molar refractivity (Wildman–Crippen MR) is 122 cm³/mol. The van der Waals surface area contributed by atoms with Crippen molar-refractivity contribution in [2.24, 2.45) is 0 Å². The Morgan fingerprint density at radius 1 is 1.03 bits per heavy atom. The lowest BCUT2D eigenvalue weighted by Gasteiger charge is -2.36. The van der Waals surface area contributed by atoms with E-state index in [0.717, 1.165) is 50.3 Å². The van der Waals surface area contributed by atoms with E-state index >= 15 is 0 Å². The summed E-state index contributed by atoms with van der Waals surface area (Å²) < 4.78 is 0. The Labute approximate surface area is 183 Å². The molecule has 1 amide bonds. The third kappa shape index (κ3) is 6.11. The lowest BCUT2D eigenvalue weighted by molar-refractivity contribution is -0.123. The van der Waals surface area contributed by atoms with Gasteiger partial charge in [-0.15, -0.1) is 0 Å². The summed E-state index contributed by atoms with van der Waals surface area (Å²) in [5, 5.41) is 4.27. The Morgan fingerprint density at radius 2 is 1.72 bits per heavy atom. The van der Waals surface area contributed by atoms with Gasteiger partial charge in [0.1, 0.15) is 0 Å². The molecule has 1 N–H and O–H groups in total. The van der Waals surface area contributed by atoms with E-state index in [2.05, 4.69) is 46.3 Å². The van der Waals surface area contributed by atoms with E-state index in [1.165, 1.54) is 5.56 Å². The molecule has 1 atom stereocenters. The molecule has 29 heavy (non-hydrogen) atoms. The number of carbonyl (C=O) groups excluding carboxylic acids is 1. The standard InChI is InChI=1S/C23H29Cl2N3O/c1-3-4-18-5-7-19(8-6-18)17(2)26-23(29)16-27-11-13-28(14-12-27)20-9-10-21(24)22(25)15-20/h5-10,15,17H,3-4,11-14,16H2,1-2H3,(H,26,29)/t17-/m0/s1. The molecule has 1 aliphatic heterocycles. The van der Waals surface area contributed by atoms with Crippen LogP contribution < -0.4 is 10.2 Å². The van der Waals surface area contributed by atoms with Crippen molar-refractivity contribution in [3.8, 4) is 0 Å². The number of rotatable bonds is 7. The van der Waals surface area contributed by atoms with Crippen molar-refractivity contribution >= 4 is 34.8 Å². The summed E-state index contributed by atoms with van der Waals surface area (Å²) in [6.07, 6.45) is 2.24. The van der Waals surface area contributed by atoms with Crippen LogP contribution >= 0.6 is 23.2 Å². The molecule has 0 aromatic heterocycles. The van der Waals surface area contributed by atoms with Gasteiger partial charge in [0.2, 0.25) is 5.91 Å². The number of nitrogens with one attached hydrogen (secondary N) is 1. The van der Waals surface area contributed by atoms with Gasteiger partial charge in [0.05, 0.1) is 22.6 Å². The zero-order valence-electron chi connectivity index (χ0n) is 17.1. The van der Waals surface area contributed by atoms with E-state index in [1.807, 2.05) is 25.1 Å². The summed E-state index contributed by atoms with van der Waals surface area (Å²) in [4.78, 5) is 17.0. The number of nitrogens with zero attached hydrogens (tertiary/aromatic N) is 2. The first-order valence-electron chi connectivity index (χ1n) is 10.3. The van der Waals surface area contributed by atoms with Crippen molar-refractivity contribution in [3.05, 3.63) is 63.6 Å². The molecular weight excluding hydrogens is 405 g/mol. The maximum absolute atomic E-state index is 12.5.